The molecule has 0 bridgehead atoms. The van der Waals surface area contributed by atoms with Crippen LogP contribution in [0.4, 0.5) is 0 Å². The zero-order valence-corrected chi connectivity index (χ0v) is 12.4. The Labute approximate surface area is 117 Å². The van der Waals surface area contributed by atoms with Gasteiger partial charge in [0.2, 0.25) is 11.7 Å². The SMILES string of the molecule is CCN(C)Cc1c(Cl)c(-c2noc(C)n2)nn1CC. The molecule has 2 aromatic rings. The van der Waals surface area contributed by atoms with Crippen molar-refractivity contribution in [3.8, 4) is 11.5 Å². The normalized spacial score (nSPS) is 11.5. The molecule has 0 unspecified atom stereocenters. The van der Waals surface area contributed by atoms with Crippen molar-refractivity contribution in [2.45, 2.75) is 33.9 Å². The summed E-state index contributed by atoms with van der Waals surface area (Å²) in [4.78, 5) is 6.35. The summed E-state index contributed by atoms with van der Waals surface area (Å²) in [6.07, 6.45) is 0. The van der Waals surface area contributed by atoms with Crippen molar-refractivity contribution in [1.82, 2.24) is 24.8 Å². The summed E-state index contributed by atoms with van der Waals surface area (Å²) in [5.41, 5.74) is 1.56. The number of nitrogens with zero attached hydrogens (tertiary/aromatic N) is 5. The minimum absolute atomic E-state index is 0.440. The van der Waals surface area contributed by atoms with Crippen LogP contribution in [0.2, 0.25) is 5.02 Å². The van der Waals surface area contributed by atoms with Gasteiger partial charge in [0.25, 0.3) is 0 Å². The van der Waals surface area contributed by atoms with Crippen molar-refractivity contribution in [2.75, 3.05) is 13.6 Å². The van der Waals surface area contributed by atoms with Gasteiger partial charge in [-0.15, -0.1) is 0 Å². The lowest BCUT2D eigenvalue weighted by molar-refractivity contribution is 0.332. The van der Waals surface area contributed by atoms with Crippen LogP contribution in [0.5, 0.6) is 0 Å². The summed E-state index contributed by atoms with van der Waals surface area (Å²) < 4.78 is 6.86. The molecule has 7 heteroatoms. The molecule has 19 heavy (non-hydrogen) atoms. The van der Waals surface area contributed by atoms with E-state index in [0.717, 1.165) is 25.3 Å². The van der Waals surface area contributed by atoms with Gasteiger partial charge in [-0.3, -0.25) is 4.68 Å². The van der Waals surface area contributed by atoms with Crippen LogP contribution < -0.4 is 0 Å². The average Bonchev–Trinajstić information content (AvgIpc) is 2.95. The standard InChI is InChI=1S/C12H18ClN5O/c1-5-17(4)7-9-10(13)11(15-18(9)6-2)12-14-8(3)19-16-12/h5-7H2,1-4H3. The maximum Gasteiger partial charge on any atom is 0.224 e. The van der Waals surface area contributed by atoms with E-state index in [-0.39, 0.29) is 0 Å². The maximum atomic E-state index is 6.42. The fraction of sp³-hybridized carbons (Fsp3) is 0.583. The Kier molecular flexibility index (Phi) is 4.21. The minimum atomic E-state index is 0.440. The van der Waals surface area contributed by atoms with Gasteiger partial charge in [0, 0.05) is 20.0 Å². The highest BCUT2D eigenvalue weighted by atomic mass is 35.5. The second-order valence-corrected chi connectivity index (χ2v) is 4.77. The predicted molar refractivity (Wildman–Crippen MR) is 72.9 cm³/mol. The van der Waals surface area contributed by atoms with E-state index in [9.17, 15) is 0 Å². The van der Waals surface area contributed by atoms with Gasteiger partial charge in [0.05, 0.1) is 10.7 Å². The monoisotopic (exact) mass is 283 g/mol. The van der Waals surface area contributed by atoms with Crippen LogP contribution in [-0.4, -0.2) is 38.4 Å². The van der Waals surface area contributed by atoms with Crippen LogP contribution in [0.25, 0.3) is 11.5 Å². The Morgan fingerprint density at radius 3 is 2.63 bits per heavy atom. The third-order valence-corrected chi connectivity index (χ3v) is 3.39. The first-order valence-electron chi connectivity index (χ1n) is 6.31. The summed E-state index contributed by atoms with van der Waals surface area (Å²) in [5.74, 6) is 0.944. The van der Waals surface area contributed by atoms with Crippen LogP contribution in [0.3, 0.4) is 0 Å². The quantitative estimate of drug-likeness (QED) is 0.843. The van der Waals surface area contributed by atoms with Crippen LogP contribution >= 0.6 is 11.6 Å². The number of aromatic nitrogens is 4. The molecule has 0 N–H and O–H groups in total. The zero-order chi connectivity index (χ0) is 14.0. The van der Waals surface area contributed by atoms with E-state index in [1.165, 1.54) is 0 Å². The van der Waals surface area contributed by atoms with Gasteiger partial charge in [0.15, 0.2) is 5.69 Å². The highest BCUT2D eigenvalue weighted by Crippen LogP contribution is 2.29. The summed E-state index contributed by atoms with van der Waals surface area (Å²) in [6, 6.07) is 0. The molecule has 0 saturated carbocycles. The highest BCUT2D eigenvalue weighted by molar-refractivity contribution is 6.33. The summed E-state index contributed by atoms with van der Waals surface area (Å²) in [7, 11) is 2.04. The third kappa shape index (κ3) is 2.79. The van der Waals surface area contributed by atoms with E-state index in [1.54, 1.807) is 6.92 Å². The molecule has 104 valence electrons. The molecule has 0 atom stereocenters. The van der Waals surface area contributed by atoms with Gasteiger partial charge in [-0.1, -0.05) is 23.7 Å². The highest BCUT2D eigenvalue weighted by Gasteiger charge is 2.21. The lowest BCUT2D eigenvalue weighted by atomic mass is 10.3. The first-order chi connectivity index (χ1) is 9.06. The number of halogens is 1. The van der Waals surface area contributed by atoms with E-state index < -0.39 is 0 Å². The van der Waals surface area contributed by atoms with E-state index in [1.807, 2.05) is 18.7 Å². The van der Waals surface area contributed by atoms with E-state index >= 15 is 0 Å². The summed E-state index contributed by atoms with van der Waals surface area (Å²) in [5, 5.41) is 8.95. The second kappa shape index (κ2) is 5.71. The molecule has 0 saturated heterocycles. The predicted octanol–water partition coefficient (Wildman–Crippen LogP) is 2.37. The maximum absolute atomic E-state index is 6.42. The lowest BCUT2D eigenvalue weighted by Gasteiger charge is -2.14. The molecule has 0 radical (unpaired) electrons. The number of rotatable bonds is 5. The lowest BCUT2D eigenvalue weighted by Crippen LogP contribution is -2.19. The largest absolute Gasteiger partial charge is 0.339 e. The molecule has 2 heterocycles. The first kappa shape index (κ1) is 14.0. The minimum Gasteiger partial charge on any atom is -0.339 e. The molecule has 2 aromatic heterocycles. The molecule has 0 fully saturated rings. The van der Waals surface area contributed by atoms with Crippen LogP contribution in [0, 0.1) is 6.92 Å². The number of aryl methyl sites for hydroxylation is 2. The van der Waals surface area contributed by atoms with Crippen molar-refractivity contribution in [2.24, 2.45) is 0 Å². The van der Waals surface area contributed by atoms with Gasteiger partial charge >= 0.3 is 0 Å². The Balaban J connectivity index is 2.41. The first-order valence-corrected chi connectivity index (χ1v) is 6.69. The summed E-state index contributed by atoms with van der Waals surface area (Å²) >= 11 is 6.42. The van der Waals surface area contributed by atoms with Crippen LogP contribution in [-0.2, 0) is 13.1 Å². The molecule has 0 aromatic carbocycles. The van der Waals surface area contributed by atoms with Crippen molar-refractivity contribution in [3.63, 3.8) is 0 Å². The van der Waals surface area contributed by atoms with Crippen molar-refractivity contribution in [1.29, 1.82) is 0 Å². The fourth-order valence-electron chi connectivity index (χ4n) is 1.79. The number of hydrogen-bond donors (Lipinski definition) is 0. The Bertz CT molecular complexity index is 562. The van der Waals surface area contributed by atoms with Crippen molar-refractivity contribution < 1.29 is 4.52 Å². The van der Waals surface area contributed by atoms with Gasteiger partial charge < -0.3 is 9.42 Å². The molecule has 0 amide bonds. The molecule has 0 aliphatic heterocycles. The van der Waals surface area contributed by atoms with Crippen LogP contribution in [0.15, 0.2) is 4.52 Å². The van der Waals surface area contributed by atoms with Gasteiger partial charge in [0.1, 0.15) is 0 Å². The molecule has 2 rings (SSSR count). The van der Waals surface area contributed by atoms with E-state index in [0.29, 0.717) is 22.4 Å². The Hall–Kier alpha value is -1.40. The van der Waals surface area contributed by atoms with E-state index in [2.05, 4.69) is 27.1 Å². The molecule has 0 aliphatic carbocycles. The topological polar surface area (TPSA) is 60.0 Å². The average molecular weight is 284 g/mol. The zero-order valence-electron chi connectivity index (χ0n) is 11.6. The number of hydrogen-bond acceptors (Lipinski definition) is 5. The Morgan fingerprint density at radius 1 is 1.37 bits per heavy atom. The molecule has 6 nitrogen and oxygen atoms in total. The van der Waals surface area contributed by atoms with E-state index in [4.69, 9.17) is 16.1 Å². The smallest absolute Gasteiger partial charge is 0.224 e. The van der Waals surface area contributed by atoms with Gasteiger partial charge in [-0.2, -0.15) is 10.1 Å². The Morgan fingerprint density at radius 2 is 2.11 bits per heavy atom. The van der Waals surface area contributed by atoms with Crippen molar-refractivity contribution >= 4 is 11.6 Å². The second-order valence-electron chi connectivity index (χ2n) is 4.39. The third-order valence-electron chi connectivity index (χ3n) is 2.99. The summed E-state index contributed by atoms with van der Waals surface area (Å²) in [6.45, 7) is 8.32. The van der Waals surface area contributed by atoms with Crippen LogP contribution in [0.1, 0.15) is 25.4 Å². The molecule has 0 aliphatic rings. The molecular formula is C12H18ClN5O. The van der Waals surface area contributed by atoms with Gasteiger partial charge in [-0.05, 0) is 20.5 Å². The van der Waals surface area contributed by atoms with Crippen molar-refractivity contribution in [3.05, 3.63) is 16.6 Å². The molecular weight excluding hydrogens is 266 g/mol. The molecule has 0 spiro atoms. The fourth-order valence-corrected chi connectivity index (χ4v) is 2.07. The van der Waals surface area contributed by atoms with Gasteiger partial charge in [-0.25, -0.2) is 0 Å².